The molecule has 0 aliphatic rings. The van der Waals surface area contributed by atoms with Crippen molar-refractivity contribution in [2.75, 3.05) is 70.5 Å². The second kappa shape index (κ2) is 18.6. The number of hydrogen-bond acceptors (Lipinski definition) is 5. The number of halogens is 1. The third-order valence-electron chi connectivity index (χ3n) is 2.81. The minimum absolute atomic E-state index is 0.597. The first kappa shape index (κ1) is 21.5. The molecule has 0 radical (unpaired) electrons. The Morgan fingerprint density at radius 1 is 0.667 bits per heavy atom. The van der Waals surface area contributed by atoms with Gasteiger partial charge in [0.1, 0.15) is 0 Å². The van der Waals surface area contributed by atoms with E-state index in [1.54, 1.807) is 0 Å². The molecule has 0 aliphatic carbocycles. The first-order chi connectivity index (χ1) is 10.3. The Morgan fingerprint density at radius 3 is 1.43 bits per heavy atom. The van der Waals surface area contributed by atoms with Crippen LogP contribution in [0.25, 0.3) is 0 Å². The summed E-state index contributed by atoms with van der Waals surface area (Å²) in [6.45, 7) is 10.9. The van der Waals surface area contributed by atoms with Crippen LogP contribution in [0.5, 0.6) is 0 Å². The molecule has 0 fully saturated rings. The summed E-state index contributed by atoms with van der Waals surface area (Å²) in [5.41, 5.74) is 0. The molecule has 0 rings (SSSR count). The van der Waals surface area contributed by atoms with E-state index in [2.05, 4.69) is 36.4 Å². The predicted octanol–water partition coefficient (Wildman–Crippen LogP) is 2.55. The lowest BCUT2D eigenvalue weighted by atomic mass is 10.1. The van der Waals surface area contributed by atoms with Crippen molar-refractivity contribution < 1.29 is 23.7 Å². The average Bonchev–Trinajstić information content (AvgIpc) is 2.50. The van der Waals surface area contributed by atoms with Gasteiger partial charge in [0.05, 0.1) is 59.5 Å². The molecule has 0 amide bonds. The van der Waals surface area contributed by atoms with Crippen molar-refractivity contribution in [1.29, 1.82) is 0 Å². The van der Waals surface area contributed by atoms with Crippen molar-refractivity contribution in [3.63, 3.8) is 0 Å². The summed E-state index contributed by atoms with van der Waals surface area (Å²) >= 11 is 2.28. The zero-order valence-corrected chi connectivity index (χ0v) is 15.6. The highest BCUT2D eigenvalue weighted by Gasteiger charge is 1.98. The van der Waals surface area contributed by atoms with Crippen LogP contribution in [0.15, 0.2) is 0 Å². The molecule has 1 unspecified atom stereocenters. The Kier molecular flexibility index (Phi) is 19.0. The van der Waals surface area contributed by atoms with Crippen molar-refractivity contribution in [3.8, 4) is 0 Å². The van der Waals surface area contributed by atoms with Gasteiger partial charge in [0.15, 0.2) is 0 Å². The Bertz CT molecular complexity index is 195. The van der Waals surface area contributed by atoms with Gasteiger partial charge in [-0.25, -0.2) is 0 Å². The van der Waals surface area contributed by atoms with E-state index in [1.807, 2.05) is 0 Å². The van der Waals surface area contributed by atoms with Gasteiger partial charge in [0, 0.05) is 11.0 Å². The normalized spacial score (nSPS) is 12.7. The molecule has 0 aromatic carbocycles. The highest BCUT2D eigenvalue weighted by atomic mass is 127. The minimum atomic E-state index is 0.597. The van der Waals surface area contributed by atoms with Gasteiger partial charge >= 0.3 is 0 Å². The van der Waals surface area contributed by atoms with Crippen LogP contribution >= 0.6 is 22.6 Å². The summed E-state index contributed by atoms with van der Waals surface area (Å²) < 4.78 is 28.0. The Labute approximate surface area is 143 Å². The van der Waals surface area contributed by atoms with E-state index in [9.17, 15) is 0 Å². The summed E-state index contributed by atoms with van der Waals surface area (Å²) in [4.78, 5) is 0. The smallest absolute Gasteiger partial charge is 0.0701 e. The van der Waals surface area contributed by atoms with Crippen LogP contribution in [0.4, 0.5) is 0 Å². The molecule has 0 saturated heterocycles. The Morgan fingerprint density at radius 2 is 1.05 bits per heavy atom. The van der Waals surface area contributed by atoms with Gasteiger partial charge in [-0.05, 0) is 5.92 Å². The lowest BCUT2D eigenvalue weighted by Crippen LogP contribution is -2.14. The summed E-state index contributed by atoms with van der Waals surface area (Å²) in [6, 6.07) is 0. The van der Waals surface area contributed by atoms with E-state index in [1.165, 1.54) is 0 Å². The first-order valence-corrected chi connectivity index (χ1v) is 9.28. The molecule has 0 aromatic rings. The van der Waals surface area contributed by atoms with Gasteiger partial charge in [-0.15, -0.1) is 0 Å². The molecule has 0 heterocycles. The molecule has 0 spiro atoms. The van der Waals surface area contributed by atoms with Crippen molar-refractivity contribution in [2.45, 2.75) is 20.3 Å². The van der Waals surface area contributed by atoms with E-state index in [0.29, 0.717) is 58.8 Å². The summed E-state index contributed by atoms with van der Waals surface area (Å²) in [5, 5.41) is 0. The van der Waals surface area contributed by atoms with Crippen LogP contribution in [0.1, 0.15) is 20.3 Å². The third kappa shape index (κ3) is 18.5. The van der Waals surface area contributed by atoms with Gasteiger partial charge < -0.3 is 23.7 Å². The number of ether oxygens (including phenoxy) is 5. The molecule has 128 valence electrons. The second-order valence-corrected chi connectivity index (χ2v) is 5.81. The number of rotatable bonds is 17. The van der Waals surface area contributed by atoms with Crippen LogP contribution in [0, 0.1) is 5.92 Å². The monoisotopic (exact) mass is 418 g/mol. The molecule has 21 heavy (non-hydrogen) atoms. The molecule has 0 saturated carbocycles. The highest BCUT2D eigenvalue weighted by Crippen LogP contribution is 1.99. The topological polar surface area (TPSA) is 46.2 Å². The van der Waals surface area contributed by atoms with E-state index < -0.39 is 0 Å². The number of alkyl halides is 1. The quantitative estimate of drug-likeness (QED) is 0.207. The molecule has 6 heteroatoms. The van der Waals surface area contributed by atoms with Crippen LogP contribution in [0.3, 0.4) is 0 Å². The van der Waals surface area contributed by atoms with E-state index in [-0.39, 0.29) is 0 Å². The van der Waals surface area contributed by atoms with Crippen molar-refractivity contribution in [1.82, 2.24) is 0 Å². The molecule has 0 bridgehead atoms. The van der Waals surface area contributed by atoms with Crippen LogP contribution < -0.4 is 0 Å². The summed E-state index contributed by atoms with van der Waals surface area (Å²) in [6.07, 6.45) is 1.15. The molecular formula is C15H31IO5. The number of hydrogen-bond donors (Lipinski definition) is 0. The van der Waals surface area contributed by atoms with Crippen molar-refractivity contribution in [3.05, 3.63) is 0 Å². The molecule has 1 atom stereocenters. The van der Waals surface area contributed by atoms with E-state index in [0.717, 1.165) is 24.1 Å². The SMILES string of the molecule is CCC(C)COCCOCCOCCOCCOCCI. The van der Waals surface area contributed by atoms with Crippen LogP contribution in [-0.4, -0.2) is 70.5 Å². The van der Waals surface area contributed by atoms with Gasteiger partial charge in [-0.3, -0.25) is 0 Å². The molecule has 0 aromatic heterocycles. The van der Waals surface area contributed by atoms with E-state index in [4.69, 9.17) is 23.7 Å². The fourth-order valence-electron chi connectivity index (χ4n) is 1.34. The van der Waals surface area contributed by atoms with Crippen molar-refractivity contribution in [2.24, 2.45) is 5.92 Å². The van der Waals surface area contributed by atoms with Crippen LogP contribution in [-0.2, 0) is 23.7 Å². The second-order valence-electron chi connectivity index (χ2n) is 4.73. The third-order valence-corrected chi connectivity index (χ3v) is 3.25. The van der Waals surface area contributed by atoms with E-state index >= 15 is 0 Å². The maximum atomic E-state index is 5.49. The average molecular weight is 418 g/mol. The highest BCUT2D eigenvalue weighted by molar-refractivity contribution is 14.1. The maximum Gasteiger partial charge on any atom is 0.0701 e. The summed E-state index contributed by atoms with van der Waals surface area (Å²) in [5.74, 6) is 0.625. The largest absolute Gasteiger partial charge is 0.379 e. The summed E-state index contributed by atoms with van der Waals surface area (Å²) in [7, 11) is 0. The first-order valence-electron chi connectivity index (χ1n) is 7.75. The van der Waals surface area contributed by atoms with Gasteiger partial charge in [0.25, 0.3) is 0 Å². The maximum absolute atomic E-state index is 5.49. The van der Waals surface area contributed by atoms with Gasteiger partial charge in [0.2, 0.25) is 0 Å². The van der Waals surface area contributed by atoms with Crippen molar-refractivity contribution >= 4 is 22.6 Å². The fraction of sp³-hybridized carbons (Fsp3) is 1.00. The molecule has 0 N–H and O–H groups in total. The minimum Gasteiger partial charge on any atom is -0.379 e. The Balaban J connectivity index is 2.96. The lowest BCUT2D eigenvalue weighted by molar-refractivity contribution is -0.0123. The zero-order valence-electron chi connectivity index (χ0n) is 13.5. The molecule has 5 nitrogen and oxygen atoms in total. The molecule has 0 aliphatic heterocycles. The van der Waals surface area contributed by atoms with Gasteiger partial charge in [-0.2, -0.15) is 0 Å². The van der Waals surface area contributed by atoms with Crippen LogP contribution in [0.2, 0.25) is 0 Å². The molecular weight excluding hydrogens is 387 g/mol. The zero-order chi connectivity index (χ0) is 15.6. The van der Waals surface area contributed by atoms with Gasteiger partial charge in [-0.1, -0.05) is 42.9 Å². The lowest BCUT2D eigenvalue weighted by Gasteiger charge is -2.10. The Hall–Kier alpha value is 0.530. The standard InChI is InChI=1S/C15H31IO5/c1-3-15(2)14-21-13-12-20-11-10-19-9-8-18-7-6-17-5-4-16/h15H,3-14H2,1-2H3. The predicted molar refractivity (Wildman–Crippen MR) is 92.4 cm³/mol. The fourth-order valence-corrected chi connectivity index (χ4v) is 1.65.